The fraction of sp³-hybridized carbons (Fsp3) is 0.673. The van der Waals surface area contributed by atoms with Crippen LogP contribution in [-0.4, -0.2) is 11.4 Å². The Kier molecular flexibility index (Phi) is 26.3. The van der Waals surface area contributed by atoms with Gasteiger partial charge in [0.2, 0.25) is 0 Å². The Labute approximate surface area is 317 Å². The predicted molar refractivity (Wildman–Crippen MR) is 231 cm³/mol. The number of hydrogen-bond acceptors (Lipinski definition) is 2. The van der Waals surface area contributed by atoms with Crippen LogP contribution >= 0.6 is 0 Å². The minimum absolute atomic E-state index is 0.848. The molecule has 0 fully saturated rings. The van der Waals surface area contributed by atoms with Gasteiger partial charge in [-0.15, -0.1) is 0 Å². The number of aliphatic imine (C=N–C) groups is 2. The highest BCUT2D eigenvalue weighted by atomic mass is 14.8. The monoisotopic (exact) mass is 697 g/mol. The Hall–Kier alpha value is -2.48. The summed E-state index contributed by atoms with van der Waals surface area (Å²) in [6.07, 6.45) is 42.4. The summed E-state index contributed by atoms with van der Waals surface area (Å²) in [4.78, 5) is 10.2. The number of hydrogen-bond donors (Lipinski definition) is 0. The molecule has 2 rings (SSSR count). The lowest BCUT2D eigenvalue weighted by Crippen LogP contribution is -2.10. The number of nitrogens with zero attached hydrogens (tertiary/aromatic N) is 2. The maximum atomic E-state index is 5.13. The second-order valence-corrected chi connectivity index (χ2v) is 15.8. The van der Waals surface area contributed by atoms with Gasteiger partial charge in [-0.1, -0.05) is 186 Å². The molecule has 0 aromatic heterocycles. The second kappa shape index (κ2) is 30.0. The van der Waals surface area contributed by atoms with Crippen molar-refractivity contribution in [2.75, 3.05) is 0 Å². The van der Waals surface area contributed by atoms with Crippen molar-refractivity contribution in [3.8, 4) is 0 Å². The Morgan fingerprint density at radius 3 is 1.06 bits per heavy atom. The minimum atomic E-state index is 0.848. The lowest BCUT2D eigenvalue weighted by atomic mass is 10.0. The summed E-state index contributed by atoms with van der Waals surface area (Å²) in [6.45, 7) is 13.1. The second-order valence-electron chi connectivity index (χ2n) is 15.8. The summed E-state index contributed by atoms with van der Waals surface area (Å²) in [5, 5.41) is 0. The topological polar surface area (TPSA) is 24.7 Å². The zero-order valence-corrected chi connectivity index (χ0v) is 34.6. The molecule has 2 heteroatoms. The van der Waals surface area contributed by atoms with Crippen molar-refractivity contribution < 1.29 is 0 Å². The average molecular weight is 697 g/mol. The lowest BCUT2D eigenvalue weighted by molar-refractivity contribution is 0.516. The number of allylic oxidation sites excluding steroid dienone is 2. The molecule has 0 unspecified atom stereocenters. The van der Waals surface area contributed by atoms with E-state index in [1.165, 1.54) is 183 Å². The minimum Gasteiger partial charge on any atom is -0.251 e. The molecule has 0 heterocycles. The first-order valence-electron chi connectivity index (χ1n) is 21.9. The van der Waals surface area contributed by atoms with Crippen molar-refractivity contribution in [3.05, 3.63) is 70.8 Å². The fourth-order valence-electron chi connectivity index (χ4n) is 7.44. The van der Waals surface area contributed by atoms with Crippen molar-refractivity contribution in [2.45, 2.75) is 215 Å². The van der Waals surface area contributed by atoms with Gasteiger partial charge in [0.05, 0.1) is 22.8 Å². The van der Waals surface area contributed by atoms with Crippen LogP contribution in [0.15, 0.2) is 58.5 Å². The van der Waals surface area contributed by atoms with E-state index in [0.717, 1.165) is 35.6 Å². The van der Waals surface area contributed by atoms with Gasteiger partial charge >= 0.3 is 0 Å². The first kappa shape index (κ1) is 44.7. The van der Waals surface area contributed by atoms with E-state index in [2.05, 4.69) is 90.1 Å². The molecular formula is C49H80N2. The van der Waals surface area contributed by atoms with Crippen LogP contribution in [0.1, 0.15) is 209 Å². The molecule has 0 aliphatic rings. The molecule has 0 bridgehead atoms. The molecule has 0 spiro atoms. The summed E-state index contributed by atoms with van der Waals surface area (Å²) in [5.41, 5.74) is 9.06. The molecule has 0 radical (unpaired) electrons. The molecule has 2 nitrogen and oxygen atoms in total. The molecular weight excluding hydrogens is 617 g/mol. The summed E-state index contributed by atoms with van der Waals surface area (Å²) < 4.78 is 0. The van der Waals surface area contributed by atoms with Crippen LogP contribution < -0.4 is 0 Å². The Balaban J connectivity index is 1.53. The Morgan fingerprint density at radius 2 is 0.725 bits per heavy atom. The molecule has 2 aromatic carbocycles. The first-order chi connectivity index (χ1) is 24.9. The molecule has 0 amide bonds. The third-order valence-corrected chi connectivity index (χ3v) is 10.3. The van der Waals surface area contributed by atoms with Crippen LogP contribution in [0.2, 0.25) is 0 Å². The van der Waals surface area contributed by atoms with Crippen LogP contribution in [0.4, 0.5) is 11.4 Å². The first-order valence-corrected chi connectivity index (χ1v) is 21.9. The van der Waals surface area contributed by atoms with E-state index >= 15 is 0 Å². The van der Waals surface area contributed by atoms with Crippen molar-refractivity contribution in [3.63, 3.8) is 0 Å². The number of benzene rings is 2. The van der Waals surface area contributed by atoms with Crippen LogP contribution in [0.25, 0.3) is 0 Å². The largest absolute Gasteiger partial charge is 0.251 e. The maximum absolute atomic E-state index is 5.13. The van der Waals surface area contributed by atoms with Crippen molar-refractivity contribution >= 4 is 22.8 Å². The summed E-state index contributed by atoms with van der Waals surface area (Å²) in [5.74, 6) is 0. The highest BCUT2D eigenvalue weighted by Gasteiger charge is 2.07. The quantitative estimate of drug-likeness (QED) is 0.0554. The third-order valence-electron chi connectivity index (χ3n) is 10.3. The number of unbranched alkanes of at least 4 members (excludes halogenated alkanes) is 25. The van der Waals surface area contributed by atoms with Crippen LogP contribution in [-0.2, 0) is 0 Å². The SMILES string of the molecule is CCCCCCCCCCCCCCCCCCCCCCCCCCC/C=C/C(=Nc1cc(C)cc(C)c1)C(CC)=Nc1cc(C)cc(C)c1. The van der Waals surface area contributed by atoms with E-state index < -0.39 is 0 Å². The van der Waals surface area contributed by atoms with Crippen LogP contribution in [0.5, 0.6) is 0 Å². The lowest BCUT2D eigenvalue weighted by Gasteiger charge is -2.08. The van der Waals surface area contributed by atoms with E-state index in [9.17, 15) is 0 Å². The van der Waals surface area contributed by atoms with Crippen molar-refractivity contribution in [1.82, 2.24) is 0 Å². The highest BCUT2D eigenvalue weighted by molar-refractivity contribution is 6.47. The molecule has 0 aliphatic carbocycles. The summed E-state index contributed by atoms with van der Waals surface area (Å²) in [7, 11) is 0. The van der Waals surface area contributed by atoms with Gasteiger partial charge < -0.3 is 0 Å². The molecule has 286 valence electrons. The number of aryl methyl sites for hydroxylation is 4. The average Bonchev–Trinajstić information content (AvgIpc) is 3.09. The van der Waals surface area contributed by atoms with Crippen LogP contribution in [0.3, 0.4) is 0 Å². The maximum Gasteiger partial charge on any atom is 0.0848 e. The van der Waals surface area contributed by atoms with Gasteiger partial charge in [-0.05, 0) is 99.6 Å². The van der Waals surface area contributed by atoms with Gasteiger partial charge in [0.1, 0.15) is 0 Å². The van der Waals surface area contributed by atoms with Gasteiger partial charge in [-0.3, -0.25) is 4.99 Å². The molecule has 0 aliphatic heterocycles. The van der Waals surface area contributed by atoms with E-state index in [4.69, 9.17) is 9.98 Å². The Morgan fingerprint density at radius 1 is 0.412 bits per heavy atom. The van der Waals surface area contributed by atoms with Gasteiger partial charge in [-0.2, -0.15) is 0 Å². The molecule has 0 N–H and O–H groups in total. The van der Waals surface area contributed by atoms with Crippen molar-refractivity contribution in [2.24, 2.45) is 9.98 Å². The normalized spacial score (nSPS) is 12.4. The van der Waals surface area contributed by atoms with Gasteiger partial charge in [0, 0.05) is 0 Å². The predicted octanol–water partition coefficient (Wildman–Crippen LogP) is 16.9. The van der Waals surface area contributed by atoms with E-state index in [1.54, 1.807) is 0 Å². The zero-order chi connectivity index (χ0) is 36.8. The van der Waals surface area contributed by atoms with E-state index in [-0.39, 0.29) is 0 Å². The fourth-order valence-corrected chi connectivity index (χ4v) is 7.44. The number of rotatable bonds is 31. The molecule has 0 saturated carbocycles. The van der Waals surface area contributed by atoms with Crippen LogP contribution in [0, 0.1) is 27.7 Å². The molecule has 0 saturated heterocycles. The van der Waals surface area contributed by atoms with Gasteiger partial charge in [0.15, 0.2) is 0 Å². The molecule has 2 aromatic rings. The standard InChI is InChI=1S/C49H80N2/c1-7-9-10-11-12-13-14-15-16-17-18-19-20-21-22-23-24-25-26-27-28-29-30-31-32-33-34-35-49(51-47-40-44(5)37-45(6)41-47)48(8-2)50-46-38-42(3)36-43(4)39-46/h34-41H,7-33H2,1-6H3/b35-34+,50-48?,51-49?. The summed E-state index contributed by atoms with van der Waals surface area (Å²) >= 11 is 0. The van der Waals surface area contributed by atoms with Gasteiger partial charge in [0.25, 0.3) is 0 Å². The van der Waals surface area contributed by atoms with Crippen molar-refractivity contribution in [1.29, 1.82) is 0 Å². The Bertz CT molecular complexity index is 1210. The molecule has 0 atom stereocenters. The van der Waals surface area contributed by atoms with Gasteiger partial charge in [-0.25, -0.2) is 4.99 Å². The van der Waals surface area contributed by atoms with E-state index in [1.807, 2.05) is 0 Å². The summed E-state index contributed by atoms with van der Waals surface area (Å²) in [6, 6.07) is 13.1. The molecule has 51 heavy (non-hydrogen) atoms. The third kappa shape index (κ3) is 23.7. The highest BCUT2D eigenvalue weighted by Crippen LogP contribution is 2.22. The van der Waals surface area contributed by atoms with E-state index in [0.29, 0.717) is 0 Å². The zero-order valence-electron chi connectivity index (χ0n) is 34.6. The smallest absolute Gasteiger partial charge is 0.0848 e.